The lowest BCUT2D eigenvalue weighted by atomic mass is 9.95. The van der Waals surface area contributed by atoms with Gasteiger partial charge in [0.25, 0.3) is 0 Å². The van der Waals surface area contributed by atoms with Crippen LogP contribution in [0.4, 0.5) is 8.78 Å². The molecule has 0 aromatic heterocycles. The molecule has 2 aromatic rings. The molecule has 1 atom stereocenters. The van der Waals surface area contributed by atoms with E-state index in [0.29, 0.717) is 38.4 Å². The number of carbonyl (C=O) groups excluding carboxylic acids is 1. The average molecular weight is 400 g/mol. The van der Waals surface area contributed by atoms with Crippen LogP contribution in [0.5, 0.6) is 0 Å². The molecule has 0 bridgehead atoms. The maximum Gasteiger partial charge on any atom is 0.227 e. The zero-order valence-corrected chi connectivity index (χ0v) is 16.4. The van der Waals surface area contributed by atoms with Gasteiger partial charge in [-0.3, -0.25) is 9.69 Å². The van der Waals surface area contributed by atoms with Crippen LogP contribution >= 0.6 is 0 Å². The topological polar surface area (TPSA) is 32.8 Å². The van der Waals surface area contributed by atoms with E-state index in [2.05, 4.69) is 4.90 Å². The molecule has 0 saturated carbocycles. The number of benzene rings is 2. The predicted octanol–water partition coefficient (Wildman–Crippen LogP) is 3.70. The summed E-state index contributed by atoms with van der Waals surface area (Å²) in [6.45, 7) is 5.00. The third kappa shape index (κ3) is 4.82. The molecule has 2 fully saturated rings. The van der Waals surface area contributed by atoms with Crippen LogP contribution < -0.4 is 0 Å². The van der Waals surface area contributed by atoms with Gasteiger partial charge in [-0.25, -0.2) is 8.78 Å². The lowest BCUT2D eigenvalue weighted by Gasteiger charge is -2.36. The summed E-state index contributed by atoms with van der Waals surface area (Å²) in [6.07, 6.45) is 1.92. The van der Waals surface area contributed by atoms with E-state index in [1.54, 1.807) is 0 Å². The van der Waals surface area contributed by atoms with Crippen LogP contribution in [0.15, 0.2) is 42.5 Å². The van der Waals surface area contributed by atoms with Crippen molar-refractivity contribution < 1.29 is 18.3 Å². The van der Waals surface area contributed by atoms with Gasteiger partial charge in [0.2, 0.25) is 5.91 Å². The minimum absolute atomic E-state index is 0.0274. The molecule has 0 spiro atoms. The van der Waals surface area contributed by atoms with E-state index in [1.165, 1.54) is 12.1 Å². The minimum Gasteiger partial charge on any atom is -0.378 e. The van der Waals surface area contributed by atoms with Crippen LogP contribution in [0.25, 0.3) is 11.1 Å². The molecule has 1 amide bonds. The smallest absolute Gasteiger partial charge is 0.227 e. The molecule has 2 aromatic carbocycles. The van der Waals surface area contributed by atoms with Crippen molar-refractivity contribution in [3.8, 4) is 11.1 Å². The van der Waals surface area contributed by atoms with E-state index >= 15 is 0 Å². The van der Waals surface area contributed by atoms with Crippen LogP contribution in [0.1, 0.15) is 18.4 Å². The van der Waals surface area contributed by atoms with Gasteiger partial charge in [0, 0.05) is 37.8 Å². The van der Waals surface area contributed by atoms with Crippen LogP contribution in [0, 0.1) is 17.6 Å². The van der Waals surface area contributed by atoms with Gasteiger partial charge in [-0.1, -0.05) is 18.2 Å². The van der Waals surface area contributed by atoms with Crippen molar-refractivity contribution >= 4 is 5.91 Å². The molecule has 4 rings (SSSR count). The Hall–Kier alpha value is -2.31. The summed E-state index contributed by atoms with van der Waals surface area (Å²) < 4.78 is 32.7. The predicted molar refractivity (Wildman–Crippen MR) is 107 cm³/mol. The van der Waals surface area contributed by atoms with Gasteiger partial charge in [-0.15, -0.1) is 0 Å². The second-order valence-electron chi connectivity index (χ2n) is 7.84. The highest BCUT2D eigenvalue weighted by Gasteiger charge is 2.30. The second kappa shape index (κ2) is 9.01. The number of hydrogen-bond acceptors (Lipinski definition) is 3. The number of carbonyl (C=O) groups is 1. The number of morpholine rings is 1. The van der Waals surface area contributed by atoms with E-state index in [1.807, 2.05) is 29.2 Å². The van der Waals surface area contributed by atoms with Crippen molar-refractivity contribution in [1.82, 2.24) is 9.80 Å². The first kappa shape index (κ1) is 20.0. The van der Waals surface area contributed by atoms with Crippen molar-refractivity contribution in [2.24, 2.45) is 5.92 Å². The minimum atomic E-state index is -0.577. The number of halogens is 2. The van der Waals surface area contributed by atoms with Crippen molar-refractivity contribution in [3.63, 3.8) is 0 Å². The Balaban J connectivity index is 1.43. The summed E-state index contributed by atoms with van der Waals surface area (Å²) in [5.41, 5.74) is 2.19. The van der Waals surface area contributed by atoms with Crippen molar-refractivity contribution in [3.05, 3.63) is 59.7 Å². The van der Waals surface area contributed by atoms with Gasteiger partial charge in [0.05, 0.1) is 19.1 Å². The summed E-state index contributed by atoms with van der Waals surface area (Å²) in [5.74, 6) is -0.872. The van der Waals surface area contributed by atoms with Crippen molar-refractivity contribution in [1.29, 1.82) is 0 Å². The van der Waals surface area contributed by atoms with Gasteiger partial charge in [-0.2, -0.15) is 0 Å². The monoisotopic (exact) mass is 400 g/mol. The quantitative estimate of drug-likeness (QED) is 0.785. The maximum absolute atomic E-state index is 14.1. The first-order valence-electron chi connectivity index (χ1n) is 10.2. The van der Waals surface area contributed by atoms with Gasteiger partial charge in [0.1, 0.15) is 11.6 Å². The second-order valence-corrected chi connectivity index (χ2v) is 7.84. The van der Waals surface area contributed by atoms with Crippen LogP contribution in [-0.2, 0) is 16.1 Å². The summed E-state index contributed by atoms with van der Waals surface area (Å²) in [5, 5.41) is 0. The molecule has 0 N–H and O–H groups in total. The Morgan fingerprint density at radius 1 is 1.07 bits per heavy atom. The Morgan fingerprint density at radius 3 is 2.69 bits per heavy atom. The standard InChI is InChI=1S/C23H26F2N2O2/c24-20-6-7-21(22(25)14-20)18-4-1-3-17(13-18)15-26-8-2-5-19(16-26)23(28)27-9-11-29-12-10-27/h1,3-4,6-7,13-14,19H,2,5,8-12,15-16H2. The Morgan fingerprint density at radius 2 is 1.90 bits per heavy atom. The molecule has 1 unspecified atom stereocenters. The molecule has 2 aliphatic rings. The highest BCUT2D eigenvalue weighted by Crippen LogP contribution is 2.26. The largest absolute Gasteiger partial charge is 0.378 e. The fourth-order valence-electron chi connectivity index (χ4n) is 4.26. The molecule has 2 saturated heterocycles. The van der Waals surface area contributed by atoms with E-state index in [4.69, 9.17) is 4.74 Å². The zero-order chi connectivity index (χ0) is 20.2. The first-order chi connectivity index (χ1) is 14.1. The van der Waals surface area contributed by atoms with Crippen molar-refractivity contribution in [2.45, 2.75) is 19.4 Å². The van der Waals surface area contributed by atoms with E-state index in [0.717, 1.165) is 43.1 Å². The maximum atomic E-state index is 14.1. The van der Waals surface area contributed by atoms with Crippen LogP contribution in [0.2, 0.25) is 0 Å². The lowest BCUT2D eigenvalue weighted by Crippen LogP contribution is -2.48. The number of likely N-dealkylation sites (tertiary alicyclic amines) is 1. The molecule has 2 aliphatic heterocycles. The Bertz CT molecular complexity index is 868. The fourth-order valence-corrected chi connectivity index (χ4v) is 4.26. The number of nitrogens with zero attached hydrogens (tertiary/aromatic N) is 2. The Labute approximate surface area is 170 Å². The lowest BCUT2D eigenvalue weighted by molar-refractivity contribution is -0.141. The molecular weight excluding hydrogens is 374 g/mol. The number of amides is 1. The SMILES string of the molecule is O=C(C1CCCN(Cc2cccc(-c3ccc(F)cc3F)c2)C1)N1CCOCC1. The fraction of sp³-hybridized carbons (Fsp3) is 0.435. The third-order valence-corrected chi connectivity index (χ3v) is 5.75. The number of piperidine rings is 1. The molecular formula is C23H26F2N2O2. The van der Waals surface area contributed by atoms with Crippen LogP contribution in [0.3, 0.4) is 0 Å². The molecule has 29 heavy (non-hydrogen) atoms. The van der Waals surface area contributed by atoms with Crippen LogP contribution in [-0.4, -0.2) is 55.1 Å². The summed E-state index contributed by atoms with van der Waals surface area (Å²) >= 11 is 0. The summed E-state index contributed by atoms with van der Waals surface area (Å²) in [4.78, 5) is 17.1. The van der Waals surface area contributed by atoms with Gasteiger partial charge in [-0.05, 0) is 48.7 Å². The van der Waals surface area contributed by atoms with Gasteiger partial charge < -0.3 is 9.64 Å². The van der Waals surface area contributed by atoms with E-state index < -0.39 is 11.6 Å². The first-order valence-corrected chi connectivity index (χ1v) is 10.2. The molecule has 0 aliphatic carbocycles. The molecule has 154 valence electrons. The molecule has 2 heterocycles. The highest BCUT2D eigenvalue weighted by molar-refractivity contribution is 5.79. The third-order valence-electron chi connectivity index (χ3n) is 5.75. The van der Waals surface area contributed by atoms with E-state index in [9.17, 15) is 13.6 Å². The molecule has 0 radical (unpaired) electrons. The summed E-state index contributed by atoms with van der Waals surface area (Å²) in [6, 6.07) is 11.4. The molecule has 6 heteroatoms. The van der Waals surface area contributed by atoms with Gasteiger partial charge >= 0.3 is 0 Å². The highest BCUT2D eigenvalue weighted by atomic mass is 19.1. The normalized spacial score (nSPS) is 20.6. The number of ether oxygens (including phenoxy) is 1. The average Bonchev–Trinajstić information content (AvgIpc) is 2.74. The summed E-state index contributed by atoms with van der Waals surface area (Å²) in [7, 11) is 0. The van der Waals surface area contributed by atoms with Gasteiger partial charge in [0.15, 0.2) is 0 Å². The number of rotatable bonds is 4. The molecule has 4 nitrogen and oxygen atoms in total. The number of hydrogen-bond donors (Lipinski definition) is 0. The zero-order valence-electron chi connectivity index (χ0n) is 16.4. The van der Waals surface area contributed by atoms with E-state index in [-0.39, 0.29) is 11.8 Å². The Kier molecular flexibility index (Phi) is 6.21. The van der Waals surface area contributed by atoms with Crippen molar-refractivity contribution in [2.75, 3.05) is 39.4 Å².